The molecule has 1 heterocycles. The summed E-state index contributed by atoms with van der Waals surface area (Å²) in [5, 5.41) is 3.29. The number of sulfone groups is 1. The first-order valence-electron chi connectivity index (χ1n) is 10.7. The Morgan fingerprint density at radius 2 is 1.91 bits per heavy atom. The zero-order valence-corrected chi connectivity index (χ0v) is 19.8. The van der Waals surface area contributed by atoms with Crippen LogP contribution in [0.4, 0.5) is 5.69 Å². The lowest BCUT2D eigenvalue weighted by atomic mass is 9.96. The van der Waals surface area contributed by atoms with Gasteiger partial charge in [-0.2, -0.15) is 0 Å². The molecule has 0 bridgehead atoms. The summed E-state index contributed by atoms with van der Waals surface area (Å²) in [5.74, 6) is 0.680. The molecule has 1 amide bonds. The number of amides is 1. The van der Waals surface area contributed by atoms with Crippen molar-refractivity contribution in [2.24, 2.45) is 5.92 Å². The SMILES string of the molecule is COc1cc(N)c(Cl)cc1C(=O)NCC1CCN(CCCS(=O)(=O)c2ccccc2)CC1. The number of halogens is 1. The summed E-state index contributed by atoms with van der Waals surface area (Å²) in [4.78, 5) is 15.3. The summed E-state index contributed by atoms with van der Waals surface area (Å²) in [7, 11) is -1.74. The first-order chi connectivity index (χ1) is 15.3. The summed E-state index contributed by atoms with van der Waals surface area (Å²) < 4.78 is 30.0. The number of carbonyl (C=O) groups is 1. The van der Waals surface area contributed by atoms with Gasteiger partial charge in [-0.05, 0) is 63.0 Å². The number of methoxy groups -OCH3 is 1. The van der Waals surface area contributed by atoms with Gasteiger partial charge in [-0.15, -0.1) is 0 Å². The van der Waals surface area contributed by atoms with Gasteiger partial charge in [-0.1, -0.05) is 29.8 Å². The lowest BCUT2D eigenvalue weighted by Gasteiger charge is -2.32. The van der Waals surface area contributed by atoms with E-state index in [1.54, 1.807) is 30.3 Å². The molecule has 1 saturated heterocycles. The molecule has 0 aliphatic carbocycles. The molecule has 2 aromatic carbocycles. The van der Waals surface area contributed by atoms with E-state index in [1.807, 2.05) is 6.07 Å². The van der Waals surface area contributed by atoms with Crippen LogP contribution >= 0.6 is 11.6 Å². The molecular weight excluding hydrogens is 450 g/mol. The van der Waals surface area contributed by atoms with E-state index >= 15 is 0 Å². The van der Waals surface area contributed by atoms with Crippen LogP contribution in [0.5, 0.6) is 5.75 Å². The number of nitrogens with zero attached hydrogens (tertiary/aromatic N) is 1. The standard InChI is InChI=1S/C23H30ClN3O4S/c1-31-22-15-21(25)20(24)14-19(22)23(28)26-16-17-8-11-27(12-9-17)10-5-13-32(29,30)18-6-3-2-4-7-18/h2-4,6-7,14-15,17H,5,8-13,16,25H2,1H3,(H,26,28). The molecule has 0 atom stereocenters. The van der Waals surface area contributed by atoms with Gasteiger partial charge in [0.1, 0.15) is 5.75 Å². The van der Waals surface area contributed by atoms with E-state index in [0.29, 0.717) is 45.8 Å². The number of rotatable bonds is 9. The Bertz CT molecular complexity index is 1020. The average Bonchev–Trinajstić information content (AvgIpc) is 2.80. The molecule has 7 nitrogen and oxygen atoms in total. The van der Waals surface area contributed by atoms with Crippen LogP contribution in [0.15, 0.2) is 47.4 Å². The molecule has 1 fully saturated rings. The highest BCUT2D eigenvalue weighted by molar-refractivity contribution is 7.91. The fourth-order valence-electron chi connectivity index (χ4n) is 3.89. The number of nitrogens with one attached hydrogen (secondary N) is 1. The van der Waals surface area contributed by atoms with Crippen molar-refractivity contribution >= 4 is 33.0 Å². The van der Waals surface area contributed by atoms with Crippen molar-refractivity contribution in [3.63, 3.8) is 0 Å². The summed E-state index contributed by atoms with van der Waals surface area (Å²) in [6, 6.07) is 11.7. The zero-order valence-electron chi connectivity index (χ0n) is 18.2. The lowest BCUT2D eigenvalue weighted by Crippen LogP contribution is -2.39. The van der Waals surface area contributed by atoms with Crippen LogP contribution in [0.2, 0.25) is 5.02 Å². The number of nitrogen functional groups attached to an aromatic ring is 1. The second kappa shape index (κ2) is 11.0. The van der Waals surface area contributed by atoms with Crippen LogP contribution < -0.4 is 15.8 Å². The molecule has 32 heavy (non-hydrogen) atoms. The number of hydrogen-bond donors (Lipinski definition) is 2. The largest absolute Gasteiger partial charge is 0.496 e. The van der Waals surface area contributed by atoms with Gasteiger partial charge in [-0.25, -0.2) is 8.42 Å². The van der Waals surface area contributed by atoms with Crippen LogP contribution in [0.3, 0.4) is 0 Å². The smallest absolute Gasteiger partial charge is 0.255 e. The maximum Gasteiger partial charge on any atom is 0.255 e. The number of ether oxygens (including phenoxy) is 1. The monoisotopic (exact) mass is 479 g/mol. The topological polar surface area (TPSA) is 102 Å². The molecule has 9 heteroatoms. The highest BCUT2D eigenvalue weighted by Crippen LogP contribution is 2.29. The first kappa shape index (κ1) is 24.4. The van der Waals surface area contributed by atoms with Crippen molar-refractivity contribution in [3.05, 3.63) is 53.1 Å². The van der Waals surface area contributed by atoms with Crippen molar-refractivity contribution in [3.8, 4) is 5.75 Å². The normalized spacial score (nSPS) is 15.4. The summed E-state index contributed by atoms with van der Waals surface area (Å²) >= 11 is 6.05. The zero-order chi connectivity index (χ0) is 23.1. The van der Waals surface area contributed by atoms with Gasteiger partial charge in [-0.3, -0.25) is 4.79 Å². The number of carbonyl (C=O) groups excluding carboxylic acids is 1. The van der Waals surface area contributed by atoms with E-state index in [9.17, 15) is 13.2 Å². The number of piperidine rings is 1. The first-order valence-corrected chi connectivity index (χ1v) is 12.7. The van der Waals surface area contributed by atoms with E-state index in [0.717, 1.165) is 32.5 Å². The lowest BCUT2D eigenvalue weighted by molar-refractivity contribution is 0.0933. The van der Waals surface area contributed by atoms with Gasteiger partial charge in [0.2, 0.25) is 0 Å². The number of benzene rings is 2. The highest BCUT2D eigenvalue weighted by atomic mass is 35.5. The molecule has 0 saturated carbocycles. The predicted octanol–water partition coefficient (Wildman–Crippen LogP) is 3.24. The van der Waals surface area contributed by atoms with E-state index in [1.165, 1.54) is 13.2 Å². The number of likely N-dealkylation sites (tertiary alicyclic amines) is 1. The van der Waals surface area contributed by atoms with Gasteiger partial charge in [0.05, 0.1) is 34.0 Å². The Balaban J connectivity index is 1.41. The molecule has 3 rings (SSSR count). The summed E-state index contributed by atoms with van der Waals surface area (Å²) in [5.41, 5.74) is 6.50. The van der Waals surface area contributed by atoms with Crippen LogP contribution in [0.1, 0.15) is 29.6 Å². The fourth-order valence-corrected chi connectivity index (χ4v) is 5.37. The van der Waals surface area contributed by atoms with Gasteiger partial charge in [0.25, 0.3) is 5.91 Å². The molecule has 3 N–H and O–H groups in total. The highest BCUT2D eigenvalue weighted by Gasteiger charge is 2.22. The predicted molar refractivity (Wildman–Crippen MR) is 127 cm³/mol. The van der Waals surface area contributed by atoms with Crippen LogP contribution in [0, 0.1) is 5.92 Å². The molecule has 2 aromatic rings. The Kier molecular flexibility index (Phi) is 8.39. The van der Waals surface area contributed by atoms with Crippen molar-refractivity contribution in [1.82, 2.24) is 10.2 Å². The molecule has 0 unspecified atom stereocenters. The third kappa shape index (κ3) is 6.37. The summed E-state index contributed by atoms with van der Waals surface area (Å²) in [6.45, 7) is 3.11. The van der Waals surface area contributed by atoms with Crippen LogP contribution in [-0.2, 0) is 9.84 Å². The molecule has 0 aromatic heterocycles. The van der Waals surface area contributed by atoms with Crippen molar-refractivity contribution in [2.75, 3.05) is 44.8 Å². The minimum Gasteiger partial charge on any atom is -0.496 e. The van der Waals surface area contributed by atoms with Crippen molar-refractivity contribution in [2.45, 2.75) is 24.2 Å². The van der Waals surface area contributed by atoms with Crippen molar-refractivity contribution < 1.29 is 17.9 Å². The Hall–Kier alpha value is -2.29. The maximum absolute atomic E-state index is 12.6. The van der Waals surface area contributed by atoms with Gasteiger partial charge < -0.3 is 20.7 Å². The Morgan fingerprint density at radius 1 is 1.22 bits per heavy atom. The van der Waals surface area contributed by atoms with Gasteiger partial charge >= 0.3 is 0 Å². The fraction of sp³-hybridized carbons (Fsp3) is 0.435. The maximum atomic E-state index is 12.6. The van der Waals surface area contributed by atoms with Gasteiger partial charge in [0.15, 0.2) is 9.84 Å². The molecule has 0 spiro atoms. The second-order valence-electron chi connectivity index (χ2n) is 8.05. The Morgan fingerprint density at radius 3 is 2.56 bits per heavy atom. The molecule has 174 valence electrons. The van der Waals surface area contributed by atoms with E-state index < -0.39 is 9.84 Å². The van der Waals surface area contributed by atoms with Crippen LogP contribution in [-0.4, -0.2) is 58.3 Å². The molecule has 0 radical (unpaired) electrons. The molecule has 1 aliphatic rings. The third-order valence-corrected chi connectivity index (χ3v) is 7.96. The van der Waals surface area contributed by atoms with E-state index in [-0.39, 0.29) is 11.7 Å². The number of nitrogens with two attached hydrogens (primary N) is 1. The number of anilines is 1. The average molecular weight is 480 g/mol. The minimum absolute atomic E-state index is 0.152. The Labute approximate surface area is 194 Å². The number of hydrogen-bond acceptors (Lipinski definition) is 6. The van der Waals surface area contributed by atoms with E-state index in [4.69, 9.17) is 22.1 Å². The van der Waals surface area contributed by atoms with Crippen LogP contribution in [0.25, 0.3) is 0 Å². The minimum atomic E-state index is -3.23. The van der Waals surface area contributed by atoms with Gasteiger partial charge in [0, 0.05) is 12.6 Å². The quantitative estimate of drug-likeness (QED) is 0.535. The molecule has 1 aliphatic heterocycles. The molecular formula is C23H30ClN3O4S. The summed E-state index contributed by atoms with van der Waals surface area (Å²) in [6.07, 6.45) is 2.51. The third-order valence-electron chi connectivity index (χ3n) is 5.81. The van der Waals surface area contributed by atoms with E-state index in [2.05, 4.69) is 10.2 Å². The second-order valence-corrected chi connectivity index (χ2v) is 10.6. The van der Waals surface area contributed by atoms with Crippen molar-refractivity contribution in [1.29, 1.82) is 0 Å².